The van der Waals surface area contributed by atoms with Crippen LogP contribution in [-0.4, -0.2) is 29.2 Å². The largest absolute Gasteiger partial charge is 0.277 e. The Hall–Kier alpha value is -2.28. The van der Waals surface area contributed by atoms with Crippen LogP contribution in [0.25, 0.3) is 22.3 Å². The summed E-state index contributed by atoms with van der Waals surface area (Å²) < 4.78 is 4.33. The SMILES string of the molecule is S=c1[nH]nc2c3nncn3c3ccccc3n12. The number of fused-ring (bicyclic) bond motifs is 6. The third-order valence-electron chi connectivity index (χ3n) is 2.80. The van der Waals surface area contributed by atoms with E-state index >= 15 is 0 Å². The van der Waals surface area contributed by atoms with Crippen molar-refractivity contribution in [3.8, 4) is 0 Å². The van der Waals surface area contributed by atoms with Crippen molar-refractivity contribution in [3.05, 3.63) is 35.4 Å². The number of hydrogen-bond acceptors (Lipinski definition) is 4. The smallest absolute Gasteiger partial charge is 0.206 e. The van der Waals surface area contributed by atoms with Gasteiger partial charge in [0, 0.05) is 0 Å². The Labute approximate surface area is 99.5 Å². The maximum atomic E-state index is 5.24. The number of nitrogens with one attached hydrogen (secondary N) is 1. The highest BCUT2D eigenvalue weighted by Crippen LogP contribution is 2.19. The Balaban J connectivity index is 2.55. The van der Waals surface area contributed by atoms with E-state index in [-0.39, 0.29) is 0 Å². The molecular weight excluding hydrogens is 236 g/mol. The summed E-state index contributed by atoms with van der Waals surface area (Å²) in [6.07, 6.45) is 1.68. The summed E-state index contributed by atoms with van der Waals surface area (Å²) in [5.74, 6) is 0. The second-order valence-electron chi connectivity index (χ2n) is 3.70. The van der Waals surface area contributed by atoms with Gasteiger partial charge in [0.2, 0.25) is 11.3 Å². The van der Waals surface area contributed by atoms with Gasteiger partial charge in [0.25, 0.3) is 0 Å². The molecule has 4 aromatic rings. The Bertz CT molecular complexity index is 915. The molecule has 3 heterocycles. The minimum Gasteiger partial charge on any atom is -0.277 e. The maximum Gasteiger partial charge on any atom is 0.206 e. The van der Waals surface area contributed by atoms with Crippen molar-refractivity contribution in [2.24, 2.45) is 0 Å². The molecule has 0 bridgehead atoms. The minimum absolute atomic E-state index is 0.557. The van der Waals surface area contributed by atoms with Gasteiger partial charge in [-0.25, -0.2) is 0 Å². The third kappa shape index (κ3) is 0.986. The van der Waals surface area contributed by atoms with Crippen LogP contribution < -0.4 is 0 Å². The number of rotatable bonds is 0. The second-order valence-corrected chi connectivity index (χ2v) is 4.09. The number of para-hydroxylation sites is 2. The molecule has 7 heteroatoms. The Kier molecular flexibility index (Phi) is 1.50. The van der Waals surface area contributed by atoms with Gasteiger partial charge in [-0.1, -0.05) is 12.1 Å². The molecule has 0 aliphatic rings. The Morgan fingerprint density at radius 1 is 1.12 bits per heavy atom. The molecular formula is C10H6N6S. The summed E-state index contributed by atoms with van der Waals surface area (Å²) in [5.41, 5.74) is 3.35. The lowest BCUT2D eigenvalue weighted by Crippen LogP contribution is -1.96. The number of H-pyrrole nitrogens is 1. The van der Waals surface area contributed by atoms with E-state index in [0.29, 0.717) is 16.1 Å². The van der Waals surface area contributed by atoms with E-state index in [2.05, 4.69) is 20.4 Å². The van der Waals surface area contributed by atoms with E-state index in [9.17, 15) is 0 Å². The van der Waals surface area contributed by atoms with Crippen molar-refractivity contribution in [1.29, 1.82) is 0 Å². The molecule has 0 amide bonds. The third-order valence-corrected chi connectivity index (χ3v) is 3.08. The monoisotopic (exact) mass is 242 g/mol. The zero-order valence-corrected chi connectivity index (χ0v) is 9.35. The average Bonchev–Trinajstić information content (AvgIpc) is 2.96. The lowest BCUT2D eigenvalue weighted by atomic mass is 10.3. The number of aromatic amines is 1. The van der Waals surface area contributed by atoms with Crippen LogP contribution in [-0.2, 0) is 0 Å². The quantitative estimate of drug-likeness (QED) is 0.476. The molecule has 0 saturated heterocycles. The zero-order chi connectivity index (χ0) is 11.4. The summed E-state index contributed by atoms with van der Waals surface area (Å²) >= 11 is 5.24. The van der Waals surface area contributed by atoms with Gasteiger partial charge in [-0.2, -0.15) is 5.10 Å². The van der Waals surface area contributed by atoms with Crippen LogP contribution in [0, 0.1) is 4.77 Å². The van der Waals surface area contributed by atoms with Gasteiger partial charge >= 0.3 is 0 Å². The van der Waals surface area contributed by atoms with E-state index in [1.165, 1.54) is 0 Å². The molecule has 0 unspecified atom stereocenters. The first-order valence-electron chi connectivity index (χ1n) is 5.04. The molecule has 0 aliphatic heterocycles. The Morgan fingerprint density at radius 2 is 1.94 bits per heavy atom. The normalized spacial score (nSPS) is 11.8. The van der Waals surface area contributed by atoms with Gasteiger partial charge < -0.3 is 0 Å². The van der Waals surface area contributed by atoms with E-state index < -0.39 is 0 Å². The summed E-state index contributed by atoms with van der Waals surface area (Å²) in [4.78, 5) is 0. The first-order chi connectivity index (χ1) is 8.36. The maximum absolute atomic E-state index is 5.24. The van der Waals surface area contributed by atoms with E-state index in [1.54, 1.807) is 6.33 Å². The molecule has 6 nitrogen and oxygen atoms in total. The number of nitrogens with zero attached hydrogens (tertiary/aromatic N) is 5. The Morgan fingerprint density at radius 3 is 2.82 bits per heavy atom. The summed E-state index contributed by atoms with van der Waals surface area (Å²) in [5, 5.41) is 15.0. The average molecular weight is 242 g/mol. The predicted octanol–water partition coefficient (Wildman–Crippen LogP) is 1.59. The van der Waals surface area contributed by atoms with Crippen molar-refractivity contribution in [2.75, 3.05) is 0 Å². The van der Waals surface area contributed by atoms with Crippen molar-refractivity contribution in [2.45, 2.75) is 0 Å². The molecule has 0 atom stereocenters. The van der Waals surface area contributed by atoms with E-state index in [0.717, 1.165) is 11.0 Å². The highest BCUT2D eigenvalue weighted by atomic mass is 32.1. The van der Waals surface area contributed by atoms with Crippen molar-refractivity contribution in [1.82, 2.24) is 29.2 Å². The van der Waals surface area contributed by atoms with Gasteiger partial charge in [0.15, 0.2) is 4.77 Å². The summed E-state index contributed by atoms with van der Waals surface area (Å²) in [6, 6.07) is 7.93. The van der Waals surface area contributed by atoms with Gasteiger partial charge in [0.05, 0.1) is 11.0 Å². The topological polar surface area (TPSA) is 63.3 Å². The highest BCUT2D eigenvalue weighted by Gasteiger charge is 2.11. The number of hydrogen-bond donors (Lipinski definition) is 1. The van der Waals surface area contributed by atoms with Crippen LogP contribution >= 0.6 is 12.2 Å². The molecule has 1 aromatic carbocycles. The first-order valence-corrected chi connectivity index (χ1v) is 5.44. The van der Waals surface area contributed by atoms with Crippen LogP contribution in [0.5, 0.6) is 0 Å². The molecule has 3 aromatic heterocycles. The molecule has 17 heavy (non-hydrogen) atoms. The van der Waals surface area contributed by atoms with Gasteiger partial charge in [-0.05, 0) is 24.4 Å². The van der Waals surface area contributed by atoms with Gasteiger partial charge in [0.1, 0.15) is 6.33 Å². The van der Waals surface area contributed by atoms with Crippen LogP contribution in [0.3, 0.4) is 0 Å². The molecule has 0 aliphatic carbocycles. The zero-order valence-electron chi connectivity index (χ0n) is 8.53. The van der Waals surface area contributed by atoms with Crippen molar-refractivity contribution >= 4 is 34.5 Å². The lowest BCUT2D eigenvalue weighted by molar-refractivity contribution is 1.08. The van der Waals surface area contributed by atoms with Crippen LogP contribution in [0.1, 0.15) is 0 Å². The molecule has 0 radical (unpaired) electrons. The minimum atomic E-state index is 0.557. The molecule has 4 rings (SSSR count). The van der Waals surface area contributed by atoms with Crippen LogP contribution in [0.15, 0.2) is 30.6 Å². The van der Waals surface area contributed by atoms with Gasteiger partial charge in [-0.15, -0.1) is 10.2 Å². The van der Waals surface area contributed by atoms with Crippen LogP contribution in [0.4, 0.5) is 0 Å². The molecule has 82 valence electrons. The first kappa shape index (κ1) is 8.82. The fourth-order valence-electron chi connectivity index (χ4n) is 2.09. The molecule has 0 fully saturated rings. The standard InChI is InChI=1S/C10H6N6S/c17-10-14-13-9-8-12-11-5-15(8)6-3-1-2-4-7(6)16(9)10/h1-5H,(H,14,17). The second kappa shape index (κ2) is 2.89. The fourth-order valence-corrected chi connectivity index (χ4v) is 2.32. The molecule has 0 saturated carbocycles. The van der Waals surface area contributed by atoms with Crippen LogP contribution in [0.2, 0.25) is 0 Å². The van der Waals surface area contributed by atoms with E-state index in [4.69, 9.17) is 12.2 Å². The van der Waals surface area contributed by atoms with Gasteiger partial charge in [-0.3, -0.25) is 13.9 Å². The summed E-state index contributed by atoms with van der Waals surface area (Å²) in [7, 11) is 0. The molecule has 1 N–H and O–H groups in total. The fraction of sp³-hybridized carbons (Fsp3) is 0. The highest BCUT2D eigenvalue weighted by molar-refractivity contribution is 7.71. The molecule has 0 spiro atoms. The van der Waals surface area contributed by atoms with E-state index in [1.807, 2.05) is 33.1 Å². The van der Waals surface area contributed by atoms with Crippen molar-refractivity contribution in [3.63, 3.8) is 0 Å². The number of benzene rings is 1. The van der Waals surface area contributed by atoms with Crippen molar-refractivity contribution < 1.29 is 0 Å². The number of aromatic nitrogens is 6. The predicted molar refractivity (Wildman–Crippen MR) is 64.4 cm³/mol. The summed E-state index contributed by atoms with van der Waals surface area (Å²) in [6.45, 7) is 0. The lowest BCUT2D eigenvalue weighted by Gasteiger charge is -2.03.